The fraction of sp³-hybridized carbons (Fsp3) is 0.250. The van der Waals surface area contributed by atoms with Crippen molar-refractivity contribution in [3.8, 4) is 0 Å². The average molecular weight is 327 g/mol. The van der Waals surface area contributed by atoms with E-state index < -0.39 is 27.1 Å². The first-order valence-electron chi connectivity index (χ1n) is 6.07. The first kappa shape index (κ1) is 15.4. The lowest BCUT2D eigenvalue weighted by Crippen LogP contribution is -2.37. The number of amides is 2. The van der Waals surface area contributed by atoms with Gasteiger partial charge in [-0.2, -0.15) is 0 Å². The molecule has 2 rings (SSSR count). The highest BCUT2D eigenvalue weighted by Crippen LogP contribution is 2.22. The quantitative estimate of drug-likeness (QED) is 0.531. The van der Waals surface area contributed by atoms with E-state index in [2.05, 4.69) is 10.0 Å². The van der Waals surface area contributed by atoms with Gasteiger partial charge in [0.2, 0.25) is 10.0 Å². The summed E-state index contributed by atoms with van der Waals surface area (Å²) < 4.78 is 26.7. The molecule has 0 aliphatic carbocycles. The fourth-order valence-corrected chi connectivity index (χ4v) is 3.93. The third-order valence-corrected chi connectivity index (χ3v) is 5.35. The third kappa shape index (κ3) is 2.88. The second-order valence-electron chi connectivity index (χ2n) is 4.49. The minimum Gasteiger partial charge on any atom is -0.392 e. The van der Waals surface area contributed by atoms with Crippen LogP contribution in [0.2, 0.25) is 0 Å². The van der Waals surface area contributed by atoms with Gasteiger partial charge in [-0.05, 0) is 24.6 Å². The van der Waals surface area contributed by atoms with Gasteiger partial charge in [-0.1, -0.05) is 19.1 Å². The summed E-state index contributed by atoms with van der Waals surface area (Å²) >= 11 is 4.74. The van der Waals surface area contributed by atoms with Crippen LogP contribution in [0.3, 0.4) is 0 Å². The zero-order valence-corrected chi connectivity index (χ0v) is 12.7. The number of hydrogen-bond donors (Lipinski definition) is 3. The van der Waals surface area contributed by atoms with Crippen molar-refractivity contribution < 1.29 is 18.0 Å². The van der Waals surface area contributed by atoms with E-state index in [4.69, 9.17) is 18.0 Å². The summed E-state index contributed by atoms with van der Waals surface area (Å²) in [5, 5.41) is 1.13. The Morgan fingerprint density at radius 1 is 1.33 bits per heavy atom. The molecule has 1 aromatic rings. The van der Waals surface area contributed by atoms with E-state index in [1.165, 1.54) is 18.2 Å². The zero-order chi connectivity index (χ0) is 15.8. The summed E-state index contributed by atoms with van der Waals surface area (Å²) in [6.07, 6.45) is 0.231. The molecular formula is C12H13N3O4S2. The van der Waals surface area contributed by atoms with Crippen molar-refractivity contribution in [3.05, 3.63) is 29.3 Å². The molecule has 1 atom stereocenters. The first-order chi connectivity index (χ1) is 9.76. The molecule has 0 aromatic heterocycles. The van der Waals surface area contributed by atoms with Crippen LogP contribution in [0.5, 0.6) is 0 Å². The highest BCUT2D eigenvalue weighted by Gasteiger charge is 2.29. The Kier molecular flexibility index (Phi) is 3.97. The van der Waals surface area contributed by atoms with Crippen LogP contribution in [-0.2, 0) is 10.0 Å². The SMILES string of the molecule is CCC(C(N)=S)S(=O)(=O)Nc1ccc2c(c1)C(=O)NC2=O. The zero-order valence-electron chi connectivity index (χ0n) is 11.0. The molecule has 0 bridgehead atoms. The van der Waals surface area contributed by atoms with E-state index in [1.54, 1.807) is 6.92 Å². The molecular weight excluding hydrogens is 314 g/mol. The van der Waals surface area contributed by atoms with Gasteiger partial charge >= 0.3 is 0 Å². The lowest BCUT2D eigenvalue weighted by molar-refractivity contribution is 0.0879. The molecule has 0 saturated heterocycles. The number of thiocarbonyl (C=S) groups is 1. The van der Waals surface area contributed by atoms with Crippen LogP contribution in [0.4, 0.5) is 5.69 Å². The monoisotopic (exact) mass is 327 g/mol. The van der Waals surface area contributed by atoms with E-state index in [0.717, 1.165) is 0 Å². The number of fused-ring (bicyclic) bond motifs is 1. The maximum atomic E-state index is 12.2. The third-order valence-electron chi connectivity index (χ3n) is 3.06. The summed E-state index contributed by atoms with van der Waals surface area (Å²) in [6, 6.07) is 4.09. The Labute approximate surface area is 126 Å². The van der Waals surface area contributed by atoms with Crippen molar-refractivity contribution in [2.75, 3.05) is 4.72 Å². The van der Waals surface area contributed by atoms with Gasteiger partial charge in [-0.15, -0.1) is 0 Å². The second-order valence-corrected chi connectivity index (χ2v) is 6.82. The molecule has 0 fully saturated rings. The maximum Gasteiger partial charge on any atom is 0.259 e. The number of sulfonamides is 1. The smallest absolute Gasteiger partial charge is 0.259 e. The number of anilines is 1. The molecule has 21 heavy (non-hydrogen) atoms. The highest BCUT2D eigenvalue weighted by atomic mass is 32.2. The van der Waals surface area contributed by atoms with Crippen LogP contribution < -0.4 is 15.8 Å². The van der Waals surface area contributed by atoms with Gasteiger partial charge in [-0.3, -0.25) is 19.6 Å². The Morgan fingerprint density at radius 2 is 1.95 bits per heavy atom. The Hall–Kier alpha value is -2.00. The number of hydrogen-bond acceptors (Lipinski definition) is 5. The van der Waals surface area contributed by atoms with Crippen LogP contribution >= 0.6 is 12.2 Å². The maximum absolute atomic E-state index is 12.2. The molecule has 0 saturated carbocycles. The molecule has 0 spiro atoms. The predicted octanol–water partition coefficient (Wildman–Crippen LogP) is 0.377. The van der Waals surface area contributed by atoms with E-state index in [1.807, 2.05) is 0 Å². The minimum absolute atomic E-state index is 0.126. The largest absolute Gasteiger partial charge is 0.392 e. The molecule has 1 aromatic carbocycles. The summed E-state index contributed by atoms with van der Waals surface area (Å²) in [6.45, 7) is 1.65. The van der Waals surface area contributed by atoms with Crippen molar-refractivity contribution in [1.82, 2.24) is 5.32 Å². The van der Waals surface area contributed by atoms with Crippen molar-refractivity contribution in [3.63, 3.8) is 0 Å². The molecule has 112 valence electrons. The number of nitrogens with one attached hydrogen (secondary N) is 2. The lowest BCUT2D eigenvalue weighted by atomic mass is 10.1. The molecule has 1 aliphatic rings. The van der Waals surface area contributed by atoms with Crippen molar-refractivity contribution in [1.29, 1.82) is 0 Å². The number of benzene rings is 1. The topological polar surface area (TPSA) is 118 Å². The van der Waals surface area contributed by atoms with Gasteiger partial charge in [0.15, 0.2) is 0 Å². The first-order valence-corrected chi connectivity index (χ1v) is 8.02. The minimum atomic E-state index is -3.81. The number of nitrogens with two attached hydrogens (primary N) is 1. The Balaban J connectivity index is 2.33. The average Bonchev–Trinajstić information content (AvgIpc) is 2.64. The molecule has 4 N–H and O–H groups in total. The van der Waals surface area contributed by atoms with E-state index >= 15 is 0 Å². The molecule has 1 aliphatic heterocycles. The van der Waals surface area contributed by atoms with Crippen LogP contribution in [-0.4, -0.2) is 30.5 Å². The number of rotatable bonds is 5. The van der Waals surface area contributed by atoms with Crippen LogP contribution in [0.1, 0.15) is 34.1 Å². The lowest BCUT2D eigenvalue weighted by Gasteiger charge is -2.16. The van der Waals surface area contributed by atoms with Gasteiger partial charge in [0, 0.05) is 5.69 Å². The molecule has 0 radical (unpaired) electrons. The molecule has 1 unspecified atom stereocenters. The van der Waals surface area contributed by atoms with Crippen molar-refractivity contribution in [2.24, 2.45) is 5.73 Å². The van der Waals surface area contributed by atoms with Gasteiger partial charge < -0.3 is 5.73 Å². The van der Waals surface area contributed by atoms with Crippen molar-refractivity contribution in [2.45, 2.75) is 18.6 Å². The summed E-state index contributed by atoms with van der Waals surface area (Å²) in [5.74, 6) is -1.06. The number of imide groups is 1. The number of carbonyl (C=O) groups excluding carboxylic acids is 2. The van der Waals surface area contributed by atoms with E-state index in [-0.39, 0.29) is 28.2 Å². The molecule has 2 amide bonds. The molecule has 1 heterocycles. The number of carbonyl (C=O) groups is 2. The second kappa shape index (κ2) is 5.41. The normalized spacial score (nSPS) is 15.3. The summed E-state index contributed by atoms with van der Waals surface area (Å²) in [4.78, 5) is 22.8. The predicted molar refractivity (Wildman–Crippen MR) is 81.6 cm³/mol. The molecule has 9 heteroatoms. The van der Waals surface area contributed by atoms with Crippen LogP contribution in [0, 0.1) is 0 Å². The van der Waals surface area contributed by atoms with Crippen LogP contribution in [0.15, 0.2) is 18.2 Å². The highest BCUT2D eigenvalue weighted by molar-refractivity contribution is 7.95. The van der Waals surface area contributed by atoms with E-state index in [9.17, 15) is 18.0 Å². The standard InChI is InChI=1S/C12H13N3O4S2/c1-2-9(10(13)20)21(18,19)15-6-3-4-7-8(5-6)12(17)14-11(7)16/h3-5,9,15H,2H2,1H3,(H2,13,20)(H,14,16,17). The van der Waals surface area contributed by atoms with Gasteiger partial charge in [-0.25, -0.2) is 8.42 Å². The van der Waals surface area contributed by atoms with Crippen LogP contribution in [0.25, 0.3) is 0 Å². The van der Waals surface area contributed by atoms with Gasteiger partial charge in [0.05, 0.1) is 16.1 Å². The molecule has 7 nitrogen and oxygen atoms in total. The van der Waals surface area contributed by atoms with Gasteiger partial charge in [0.1, 0.15) is 5.25 Å². The van der Waals surface area contributed by atoms with Crippen molar-refractivity contribution >= 4 is 44.7 Å². The summed E-state index contributed by atoms with van der Waals surface area (Å²) in [7, 11) is -3.81. The fourth-order valence-electron chi connectivity index (χ4n) is 2.04. The Bertz CT molecular complexity index is 743. The summed E-state index contributed by atoms with van der Waals surface area (Å²) in [5.41, 5.74) is 5.94. The van der Waals surface area contributed by atoms with E-state index in [0.29, 0.717) is 0 Å². The van der Waals surface area contributed by atoms with Gasteiger partial charge in [0.25, 0.3) is 11.8 Å². The Morgan fingerprint density at radius 3 is 2.52 bits per heavy atom.